The summed E-state index contributed by atoms with van der Waals surface area (Å²) in [6.07, 6.45) is 3.35. The molecule has 0 aliphatic carbocycles. The zero-order valence-electron chi connectivity index (χ0n) is 16.5. The number of amides is 2. The largest absolute Gasteiger partial charge is 0.351 e. The topological polar surface area (TPSA) is 84.0 Å². The molecule has 0 unspecified atom stereocenters. The van der Waals surface area contributed by atoms with Crippen molar-refractivity contribution >= 4 is 40.0 Å². The Labute approximate surface area is 184 Å². The number of benzene rings is 2. The van der Waals surface area contributed by atoms with Gasteiger partial charge in [-0.1, -0.05) is 41.9 Å². The van der Waals surface area contributed by atoms with Crippen LogP contribution in [0.2, 0.25) is 5.02 Å². The van der Waals surface area contributed by atoms with Gasteiger partial charge in [0.25, 0.3) is 5.91 Å². The molecule has 0 radical (unpaired) electrons. The van der Waals surface area contributed by atoms with Gasteiger partial charge in [0.15, 0.2) is 0 Å². The molecule has 6 nitrogen and oxygen atoms in total. The molecular weight excluding hydrogens is 412 g/mol. The zero-order chi connectivity index (χ0) is 21.6. The number of anilines is 1. The van der Waals surface area contributed by atoms with E-state index < -0.39 is 0 Å². The highest BCUT2D eigenvalue weighted by Gasteiger charge is 2.14. The Hall–Kier alpha value is -3.77. The van der Waals surface area contributed by atoms with E-state index in [0.717, 1.165) is 16.5 Å². The lowest BCUT2D eigenvalue weighted by atomic mass is 10.0. The SMILES string of the molecule is O=C(CCNC(=O)c1cc(-c2ccc(Cl)cc2)nc2ccccc12)Nc1cccnc1. The Morgan fingerprint density at radius 1 is 0.968 bits per heavy atom. The minimum absolute atomic E-state index is 0.147. The molecule has 0 fully saturated rings. The number of para-hydroxylation sites is 1. The summed E-state index contributed by atoms with van der Waals surface area (Å²) in [6, 6.07) is 20.0. The number of hydrogen-bond donors (Lipinski definition) is 2. The summed E-state index contributed by atoms with van der Waals surface area (Å²) in [7, 11) is 0. The van der Waals surface area contributed by atoms with E-state index >= 15 is 0 Å². The molecule has 31 heavy (non-hydrogen) atoms. The van der Waals surface area contributed by atoms with Crippen molar-refractivity contribution in [3.8, 4) is 11.3 Å². The van der Waals surface area contributed by atoms with Gasteiger partial charge in [-0.05, 0) is 36.4 Å². The van der Waals surface area contributed by atoms with E-state index in [1.807, 2.05) is 36.4 Å². The maximum Gasteiger partial charge on any atom is 0.252 e. The highest BCUT2D eigenvalue weighted by atomic mass is 35.5. The van der Waals surface area contributed by atoms with Crippen molar-refractivity contribution in [1.82, 2.24) is 15.3 Å². The average Bonchev–Trinajstić information content (AvgIpc) is 2.79. The number of halogens is 1. The summed E-state index contributed by atoms with van der Waals surface area (Å²) < 4.78 is 0. The summed E-state index contributed by atoms with van der Waals surface area (Å²) in [6.45, 7) is 0.206. The Balaban J connectivity index is 1.50. The monoisotopic (exact) mass is 430 g/mol. The van der Waals surface area contributed by atoms with Crippen LogP contribution in [0.25, 0.3) is 22.2 Å². The van der Waals surface area contributed by atoms with E-state index in [9.17, 15) is 9.59 Å². The fraction of sp³-hybridized carbons (Fsp3) is 0.0833. The summed E-state index contributed by atoms with van der Waals surface area (Å²) >= 11 is 5.99. The first-order valence-corrected chi connectivity index (χ1v) is 10.1. The number of nitrogens with zero attached hydrogens (tertiary/aromatic N) is 2. The third-order valence-electron chi connectivity index (χ3n) is 4.68. The van der Waals surface area contributed by atoms with Crippen LogP contribution in [-0.2, 0) is 4.79 Å². The molecule has 0 aliphatic rings. The number of rotatable bonds is 6. The molecule has 154 valence electrons. The molecule has 2 aromatic heterocycles. The molecule has 2 N–H and O–H groups in total. The number of fused-ring (bicyclic) bond motifs is 1. The van der Waals surface area contributed by atoms with Gasteiger partial charge in [0.05, 0.1) is 28.7 Å². The van der Waals surface area contributed by atoms with Gasteiger partial charge in [-0.3, -0.25) is 14.6 Å². The molecule has 2 aromatic carbocycles. The number of hydrogen-bond acceptors (Lipinski definition) is 4. The number of aromatic nitrogens is 2. The van der Waals surface area contributed by atoms with Crippen molar-refractivity contribution < 1.29 is 9.59 Å². The molecule has 0 bridgehead atoms. The normalized spacial score (nSPS) is 10.6. The minimum Gasteiger partial charge on any atom is -0.351 e. The molecule has 4 aromatic rings. The molecular formula is C24H19ClN4O2. The van der Waals surface area contributed by atoms with Crippen molar-refractivity contribution in [2.24, 2.45) is 0 Å². The highest BCUT2D eigenvalue weighted by Crippen LogP contribution is 2.26. The number of nitrogens with one attached hydrogen (secondary N) is 2. The van der Waals surface area contributed by atoms with Gasteiger partial charge in [-0.2, -0.15) is 0 Å². The lowest BCUT2D eigenvalue weighted by Gasteiger charge is -2.11. The molecule has 0 spiro atoms. The highest BCUT2D eigenvalue weighted by molar-refractivity contribution is 6.30. The van der Waals surface area contributed by atoms with E-state index in [0.29, 0.717) is 22.0 Å². The first kappa shape index (κ1) is 20.5. The van der Waals surface area contributed by atoms with Gasteiger partial charge >= 0.3 is 0 Å². The van der Waals surface area contributed by atoms with Gasteiger partial charge in [-0.25, -0.2) is 4.98 Å². The van der Waals surface area contributed by atoms with Gasteiger partial charge in [0.2, 0.25) is 5.91 Å². The summed E-state index contributed by atoms with van der Waals surface area (Å²) in [5.41, 5.74) is 3.37. The van der Waals surface area contributed by atoms with Crippen LogP contribution in [0.3, 0.4) is 0 Å². The van der Waals surface area contributed by atoms with E-state index in [-0.39, 0.29) is 24.8 Å². The Morgan fingerprint density at radius 2 is 1.77 bits per heavy atom. The van der Waals surface area contributed by atoms with Crippen LogP contribution in [-0.4, -0.2) is 28.3 Å². The van der Waals surface area contributed by atoms with Gasteiger partial charge in [-0.15, -0.1) is 0 Å². The molecule has 0 saturated carbocycles. The average molecular weight is 431 g/mol. The predicted octanol–water partition coefficient (Wildman–Crippen LogP) is 4.71. The van der Waals surface area contributed by atoms with E-state index in [4.69, 9.17) is 11.6 Å². The molecule has 7 heteroatoms. The van der Waals surface area contributed by atoms with Crippen LogP contribution in [0.5, 0.6) is 0 Å². The predicted molar refractivity (Wildman–Crippen MR) is 122 cm³/mol. The van der Waals surface area contributed by atoms with Crippen molar-refractivity contribution in [3.63, 3.8) is 0 Å². The fourth-order valence-corrected chi connectivity index (χ4v) is 3.30. The second-order valence-electron chi connectivity index (χ2n) is 6.87. The second kappa shape index (κ2) is 9.36. The van der Waals surface area contributed by atoms with Gasteiger partial charge in [0.1, 0.15) is 0 Å². The van der Waals surface area contributed by atoms with E-state index in [1.165, 1.54) is 0 Å². The third kappa shape index (κ3) is 5.05. The van der Waals surface area contributed by atoms with Crippen molar-refractivity contribution in [3.05, 3.63) is 89.7 Å². The van der Waals surface area contributed by atoms with Gasteiger partial charge in [0, 0.05) is 35.1 Å². The summed E-state index contributed by atoms with van der Waals surface area (Å²) in [5, 5.41) is 6.96. The van der Waals surface area contributed by atoms with Crippen molar-refractivity contribution in [2.75, 3.05) is 11.9 Å². The lowest BCUT2D eigenvalue weighted by Crippen LogP contribution is -2.28. The first-order valence-electron chi connectivity index (χ1n) is 9.74. The van der Waals surface area contributed by atoms with Crippen LogP contribution >= 0.6 is 11.6 Å². The zero-order valence-corrected chi connectivity index (χ0v) is 17.3. The smallest absolute Gasteiger partial charge is 0.252 e. The van der Waals surface area contributed by atoms with Crippen LogP contribution in [0.15, 0.2) is 79.1 Å². The van der Waals surface area contributed by atoms with E-state index in [1.54, 1.807) is 42.7 Å². The quantitative estimate of drug-likeness (QED) is 0.464. The lowest BCUT2D eigenvalue weighted by molar-refractivity contribution is -0.116. The van der Waals surface area contributed by atoms with Crippen molar-refractivity contribution in [1.29, 1.82) is 0 Å². The fourth-order valence-electron chi connectivity index (χ4n) is 3.18. The van der Waals surface area contributed by atoms with Crippen LogP contribution < -0.4 is 10.6 Å². The third-order valence-corrected chi connectivity index (χ3v) is 4.94. The molecule has 2 amide bonds. The van der Waals surface area contributed by atoms with Gasteiger partial charge < -0.3 is 10.6 Å². The maximum absolute atomic E-state index is 12.9. The molecule has 0 atom stereocenters. The Kier molecular flexibility index (Phi) is 6.19. The molecule has 2 heterocycles. The van der Waals surface area contributed by atoms with Crippen LogP contribution in [0.1, 0.15) is 16.8 Å². The number of pyridine rings is 2. The van der Waals surface area contributed by atoms with Crippen molar-refractivity contribution in [2.45, 2.75) is 6.42 Å². The standard InChI is InChI=1S/C24H19ClN4O2/c25-17-9-7-16(8-10-17)22-14-20(19-5-1-2-6-21(19)29-22)24(31)27-13-11-23(30)28-18-4-3-12-26-15-18/h1-10,12,14-15H,11,13H2,(H,27,31)(H,28,30). The Bertz CT molecular complexity index is 1230. The first-order chi connectivity index (χ1) is 15.1. The van der Waals surface area contributed by atoms with Crippen LogP contribution in [0, 0.1) is 0 Å². The Morgan fingerprint density at radius 3 is 2.55 bits per heavy atom. The molecule has 4 rings (SSSR count). The summed E-state index contributed by atoms with van der Waals surface area (Å²) in [5.74, 6) is -0.460. The number of carbonyl (C=O) groups excluding carboxylic acids is 2. The molecule has 0 aliphatic heterocycles. The molecule has 0 saturated heterocycles. The maximum atomic E-state index is 12.9. The number of carbonyl (C=O) groups is 2. The second-order valence-corrected chi connectivity index (χ2v) is 7.31. The summed E-state index contributed by atoms with van der Waals surface area (Å²) in [4.78, 5) is 33.7. The van der Waals surface area contributed by atoms with E-state index in [2.05, 4.69) is 20.6 Å². The minimum atomic E-state index is -0.261. The van der Waals surface area contributed by atoms with Crippen LogP contribution in [0.4, 0.5) is 5.69 Å².